The van der Waals surface area contributed by atoms with E-state index in [1.165, 1.54) is 21.1 Å². The molecule has 3 nitrogen and oxygen atoms in total. The third kappa shape index (κ3) is 3.43. The minimum absolute atomic E-state index is 0.0638. The molecule has 0 spiro atoms. The summed E-state index contributed by atoms with van der Waals surface area (Å²) >= 11 is 3.16. The van der Waals surface area contributed by atoms with Gasteiger partial charge in [0.1, 0.15) is 9.88 Å². The van der Waals surface area contributed by atoms with Crippen LogP contribution in [-0.2, 0) is 13.0 Å². The number of aromatic nitrogens is 1. The highest BCUT2D eigenvalue weighted by Crippen LogP contribution is 2.25. The number of hydrogen-bond donors (Lipinski definition) is 1. The predicted molar refractivity (Wildman–Crippen MR) is 92.4 cm³/mol. The smallest absolute Gasteiger partial charge is 0.263 e. The summed E-state index contributed by atoms with van der Waals surface area (Å²) in [6, 6.07) is 14.1. The zero-order valence-corrected chi connectivity index (χ0v) is 13.8. The summed E-state index contributed by atoms with van der Waals surface area (Å²) in [7, 11) is 0. The molecule has 112 valence electrons. The molecule has 1 amide bonds. The third-order valence-electron chi connectivity index (χ3n) is 3.24. The highest BCUT2D eigenvalue weighted by molar-refractivity contribution is 7.16. The molecular formula is C17H16N2OS2. The third-order valence-corrected chi connectivity index (χ3v) is 5.51. The fraction of sp³-hybridized carbons (Fsp3) is 0.176. The quantitative estimate of drug-likeness (QED) is 0.756. The van der Waals surface area contributed by atoms with Crippen molar-refractivity contribution in [2.75, 3.05) is 0 Å². The average molecular weight is 328 g/mol. The molecule has 0 atom stereocenters. The number of thiazole rings is 1. The van der Waals surface area contributed by atoms with Crippen LogP contribution in [0.2, 0.25) is 0 Å². The standard InChI is InChI=1S/C17H16N2OS2/c1-2-13-8-9-14(21-13)10-18-16(20)15-11-19-17(22-15)12-6-4-3-5-7-12/h3-9,11H,2,10H2,1H3,(H,18,20). The number of carbonyl (C=O) groups is 1. The first-order chi connectivity index (χ1) is 10.8. The SMILES string of the molecule is CCc1ccc(CNC(=O)c2cnc(-c3ccccc3)s2)s1. The van der Waals surface area contributed by atoms with Gasteiger partial charge in [-0.15, -0.1) is 22.7 Å². The number of hydrogen-bond acceptors (Lipinski definition) is 4. The van der Waals surface area contributed by atoms with Crippen LogP contribution >= 0.6 is 22.7 Å². The van der Waals surface area contributed by atoms with E-state index in [2.05, 4.69) is 29.4 Å². The van der Waals surface area contributed by atoms with Gasteiger partial charge in [0.05, 0.1) is 12.7 Å². The largest absolute Gasteiger partial charge is 0.346 e. The first-order valence-electron chi connectivity index (χ1n) is 7.13. The molecule has 0 fully saturated rings. The van der Waals surface area contributed by atoms with Gasteiger partial charge in [-0.25, -0.2) is 4.98 Å². The average Bonchev–Trinajstić information content (AvgIpc) is 3.22. The number of thiophene rings is 1. The van der Waals surface area contributed by atoms with E-state index in [4.69, 9.17) is 0 Å². The number of rotatable bonds is 5. The van der Waals surface area contributed by atoms with Crippen LogP contribution in [-0.4, -0.2) is 10.9 Å². The van der Waals surface area contributed by atoms with Crippen LogP contribution in [0.5, 0.6) is 0 Å². The number of nitrogens with zero attached hydrogens (tertiary/aromatic N) is 1. The van der Waals surface area contributed by atoms with Gasteiger partial charge in [0, 0.05) is 15.3 Å². The van der Waals surface area contributed by atoms with Crippen LogP contribution in [0.25, 0.3) is 10.6 Å². The lowest BCUT2D eigenvalue weighted by molar-refractivity contribution is 0.0955. The molecule has 3 rings (SSSR count). The van der Waals surface area contributed by atoms with Crippen molar-refractivity contribution in [3.05, 3.63) is 63.3 Å². The topological polar surface area (TPSA) is 42.0 Å². The fourth-order valence-corrected chi connectivity index (χ4v) is 3.79. The monoisotopic (exact) mass is 328 g/mol. The van der Waals surface area contributed by atoms with Crippen molar-refractivity contribution in [1.82, 2.24) is 10.3 Å². The molecule has 2 heterocycles. The zero-order chi connectivity index (χ0) is 15.4. The van der Waals surface area contributed by atoms with Crippen LogP contribution in [0, 0.1) is 0 Å². The van der Waals surface area contributed by atoms with Crippen LogP contribution in [0.3, 0.4) is 0 Å². The zero-order valence-electron chi connectivity index (χ0n) is 12.2. The Kier molecular flexibility index (Phi) is 4.65. The van der Waals surface area contributed by atoms with Gasteiger partial charge < -0.3 is 5.32 Å². The Morgan fingerprint density at radius 3 is 2.59 bits per heavy atom. The maximum absolute atomic E-state index is 12.2. The molecule has 0 bridgehead atoms. The Morgan fingerprint density at radius 1 is 1.09 bits per heavy atom. The number of aryl methyl sites for hydroxylation is 1. The van der Waals surface area contributed by atoms with Gasteiger partial charge in [-0.05, 0) is 18.6 Å². The summed E-state index contributed by atoms with van der Waals surface area (Å²) in [5.41, 5.74) is 1.04. The van der Waals surface area contributed by atoms with Gasteiger partial charge in [-0.2, -0.15) is 0 Å². The lowest BCUT2D eigenvalue weighted by atomic mass is 10.2. The maximum atomic E-state index is 12.2. The maximum Gasteiger partial charge on any atom is 0.263 e. The minimum atomic E-state index is -0.0638. The first-order valence-corrected chi connectivity index (χ1v) is 8.76. The van der Waals surface area contributed by atoms with E-state index < -0.39 is 0 Å². The molecule has 0 saturated heterocycles. The fourth-order valence-electron chi connectivity index (χ4n) is 2.06. The molecular weight excluding hydrogens is 312 g/mol. The molecule has 0 saturated carbocycles. The number of benzene rings is 1. The van der Waals surface area contributed by atoms with Crippen molar-refractivity contribution in [3.8, 4) is 10.6 Å². The van der Waals surface area contributed by atoms with E-state index in [0.29, 0.717) is 11.4 Å². The molecule has 1 aromatic carbocycles. The predicted octanol–water partition coefficient (Wildman–Crippen LogP) is 4.36. The molecule has 0 radical (unpaired) electrons. The van der Waals surface area contributed by atoms with E-state index in [9.17, 15) is 4.79 Å². The molecule has 0 unspecified atom stereocenters. The Labute approximate surface area is 137 Å². The summed E-state index contributed by atoms with van der Waals surface area (Å²) in [5.74, 6) is -0.0638. The molecule has 0 aliphatic rings. The lowest BCUT2D eigenvalue weighted by Gasteiger charge is -2.00. The van der Waals surface area contributed by atoms with Crippen LogP contribution in [0.15, 0.2) is 48.7 Å². The van der Waals surface area contributed by atoms with Crippen LogP contribution in [0.1, 0.15) is 26.3 Å². The normalized spacial score (nSPS) is 10.6. The number of carbonyl (C=O) groups excluding carboxylic acids is 1. The van der Waals surface area contributed by atoms with Gasteiger partial charge in [-0.1, -0.05) is 37.3 Å². The van der Waals surface area contributed by atoms with Gasteiger partial charge in [-0.3, -0.25) is 4.79 Å². The van der Waals surface area contributed by atoms with Crippen molar-refractivity contribution in [3.63, 3.8) is 0 Å². The summed E-state index contributed by atoms with van der Waals surface area (Å²) in [6.45, 7) is 2.71. The highest BCUT2D eigenvalue weighted by Gasteiger charge is 2.11. The molecule has 22 heavy (non-hydrogen) atoms. The van der Waals surface area contributed by atoms with Crippen LogP contribution < -0.4 is 5.32 Å². The molecule has 2 aromatic heterocycles. The lowest BCUT2D eigenvalue weighted by Crippen LogP contribution is -2.21. The summed E-state index contributed by atoms with van der Waals surface area (Å²) < 4.78 is 0. The highest BCUT2D eigenvalue weighted by atomic mass is 32.1. The number of amides is 1. The summed E-state index contributed by atoms with van der Waals surface area (Å²) in [4.78, 5) is 19.7. The first kappa shape index (κ1) is 14.9. The van der Waals surface area contributed by atoms with Crippen molar-refractivity contribution in [2.45, 2.75) is 19.9 Å². The van der Waals surface area contributed by atoms with Crippen LogP contribution in [0.4, 0.5) is 0 Å². The second kappa shape index (κ2) is 6.85. The van der Waals surface area contributed by atoms with Crippen molar-refractivity contribution < 1.29 is 4.79 Å². The van der Waals surface area contributed by atoms with E-state index in [-0.39, 0.29) is 5.91 Å². The Balaban J connectivity index is 1.64. The molecule has 0 aliphatic carbocycles. The molecule has 3 aromatic rings. The van der Waals surface area contributed by atoms with Crippen molar-refractivity contribution in [2.24, 2.45) is 0 Å². The van der Waals surface area contributed by atoms with E-state index in [0.717, 1.165) is 17.0 Å². The van der Waals surface area contributed by atoms with Gasteiger partial charge >= 0.3 is 0 Å². The Morgan fingerprint density at radius 2 is 1.86 bits per heavy atom. The summed E-state index contributed by atoms with van der Waals surface area (Å²) in [5, 5.41) is 3.83. The van der Waals surface area contributed by atoms with Gasteiger partial charge in [0.2, 0.25) is 0 Å². The van der Waals surface area contributed by atoms with Crippen molar-refractivity contribution in [1.29, 1.82) is 0 Å². The van der Waals surface area contributed by atoms with Crippen molar-refractivity contribution >= 4 is 28.6 Å². The Bertz CT molecular complexity index is 762. The van der Waals surface area contributed by atoms with E-state index in [1.807, 2.05) is 30.3 Å². The van der Waals surface area contributed by atoms with E-state index in [1.54, 1.807) is 17.5 Å². The van der Waals surface area contributed by atoms with Gasteiger partial charge in [0.25, 0.3) is 5.91 Å². The second-order valence-corrected chi connectivity index (χ2v) is 7.08. The molecule has 1 N–H and O–H groups in total. The minimum Gasteiger partial charge on any atom is -0.346 e. The molecule has 5 heteroatoms. The second-order valence-electron chi connectivity index (χ2n) is 4.80. The Hall–Kier alpha value is -1.98. The van der Waals surface area contributed by atoms with Gasteiger partial charge in [0.15, 0.2) is 0 Å². The number of nitrogens with one attached hydrogen (secondary N) is 1. The molecule has 0 aliphatic heterocycles. The summed E-state index contributed by atoms with van der Waals surface area (Å²) in [6.07, 6.45) is 2.68. The van der Waals surface area contributed by atoms with E-state index >= 15 is 0 Å².